The normalized spacial score (nSPS) is 11.6. The number of hydrogen-bond donors (Lipinski definition) is 2. The lowest BCUT2D eigenvalue weighted by atomic mass is 10.1. The highest BCUT2D eigenvalue weighted by molar-refractivity contribution is 5.85. The summed E-state index contributed by atoms with van der Waals surface area (Å²) in [4.78, 5) is 0. The van der Waals surface area contributed by atoms with Gasteiger partial charge in [-0.1, -0.05) is 12.1 Å². The molecule has 4 N–H and O–H groups in total. The zero-order valence-corrected chi connectivity index (χ0v) is 9.09. The molecule has 0 fully saturated rings. The maximum Gasteiger partial charge on any atom is 0.119 e. The second-order valence-electron chi connectivity index (χ2n) is 2.85. The van der Waals surface area contributed by atoms with Crippen molar-refractivity contribution in [2.45, 2.75) is 13.0 Å². The van der Waals surface area contributed by atoms with E-state index in [-0.39, 0.29) is 18.4 Å². The molecule has 1 aromatic carbocycles. The van der Waals surface area contributed by atoms with Crippen LogP contribution in [-0.2, 0) is 0 Å². The fourth-order valence-corrected chi connectivity index (χ4v) is 1.14. The van der Waals surface area contributed by atoms with E-state index < -0.39 is 0 Å². The minimum absolute atomic E-state index is 0. The Morgan fingerprint density at radius 2 is 2.14 bits per heavy atom. The van der Waals surface area contributed by atoms with Gasteiger partial charge < -0.3 is 16.2 Å². The first-order chi connectivity index (χ1) is 6.27. The summed E-state index contributed by atoms with van der Waals surface area (Å²) in [6, 6.07) is 7.63. The number of nitrogens with two attached hydrogens (primary N) is 2. The van der Waals surface area contributed by atoms with Crippen molar-refractivity contribution in [3.05, 3.63) is 29.8 Å². The van der Waals surface area contributed by atoms with Crippen LogP contribution in [0.1, 0.15) is 18.5 Å². The molecule has 3 nitrogen and oxygen atoms in total. The molecular formula is C10H17ClN2O. The van der Waals surface area contributed by atoms with Gasteiger partial charge in [-0.3, -0.25) is 0 Å². The second kappa shape index (κ2) is 6.65. The maximum absolute atomic E-state index is 5.78. The van der Waals surface area contributed by atoms with E-state index >= 15 is 0 Å². The molecule has 0 aliphatic carbocycles. The Bertz CT molecular complexity index is 268. The highest BCUT2D eigenvalue weighted by Crippen LogP contribution is 2.17. The first kappa shape index (κ1) is 13.2. The van der Waals surface area contributed by atoms with E-state index in [1.54, 1.807) is 0 Å². The molecule has 1 atom stereocenters. The van der Waals surface area contributed by atoms with Crippen LogP contribution in [0, 0.1) is 0 Å². The van der Waals surface area contributed by atoms with E-state index in [1.807, 2.05) is 31.2 Å². The van der Waals surface area contributed by atoms with Crippen LogP contribution in [0.2, 0.25) is 0 Å². The number of rotatable bonds is 4. The topological polar surface area (TPSA) is 61.3 Å². The molecule has 1 aromatic rings. The Morgan fingerprint density at radius 3 is 2.71 bits per heavy atom. The average molecular weight is 217 g/mol. The van der Waals surface area contributed by atoms with Gasteiger partial charge in [-0.05, 0) is 24.6 Å². The Balaban J connectivity index is 0.00000169. The molecule has 1 rings (SSSR count). The number of halogens is 1. The van der Waals surface area contributed by atoms with Crippen LogP contribution < -0.4 is 16.2 Å². The van der Waals surface area contributed by atoms with E-state index in [9.17, 15) is 0 Å². The molecule has 80 valence electrons. The zero-order chi connectivity index (χ0) is 9.68. The minimum Gasteiger partial charge on any atom is -0.494 e. The highest BCUT2D eigenvalue weighted by Gasteiger charge is 2.03. The molecule has 0 spiro atoms. The van der Waals surface area contributed by atoms with Crippen molar-refractivity contribution in [2.24, 2.45) is 11.5 Å². The third kappa shape index (κ3) is 3.54. The standard InChI is InChI=1S/C10H16N2O.ClH/c1-2-13-9-5-3-4-8(6-9)10(12)7-11;/h3-6,10H,2,7,11-12H2,1H3;1H/t10-;/m1./s1. The SMILES string of the molecule is CCOc1cccc([C@H](N)CN)c1.Cl. The average Bonchev–Trinajstić information content (AvgIpc) is 2.18. The second-order valence-corrected chi connectivity index (χ2v) is 2.85. The van der Waals surface area contributed by atoms with Gasteiger partial charge in [0.2, 0.25) is 0 Å². The lowest BCUT2D eigenvalue weighted by Gasteiger charge is -2.10. The molecule has 0 amide bonds. The monoisotopic (exact) mass is 216 g/mol. The van der Waals surface area contributed by atoms with Gasteiger partial charge in [-0.25, -0.2) is 0 Å². The van der Waals surface area contributed by atoms with Gasteiger partial charge in [0.25, 0.3) is 0 Å². The van der Waals surface area contributed by atoms with Gasteiger partial charge in [0.15, 0.2) is 0 Å². The van der Waals surface area contributed by atoms with Gasteiger partial charge in [-0.15, -0.1) is 12.4 Å². The van der Waals surface area contributed by atoms with E-state index in [0.717, 1.165) is 11.3 Å². The highest BCUT2D eigenvalue weighted by atomic mass is 35.5. The Hall–Kier alpha value is -0.770. The quantitative estimate of drug-likeness (QED) is 0.801. The smallest absolute Gasteiger partial charge is 0.119 e. The van der Waals surface area contributed by atoms with Crippen molar-refractivity contribution in [3.8, 4) is 5.75 Å². The summed E-state index contributed by atoms with van der Waals surface area (Å²) in [5.41, 5.74) is 12.3. The van der Waals surface area contributed by atoms with Gasteiger partial charge in [-0.2, -0.15) is 0 Å². The van der Waals surface area contributed by atoms with Crippen LogP contribution in [0.3, 0.4) is 0 Å². The predicted molar refractivity (Wildman–Crippen MR) is 60.8 cm³/mol. The van der Waals surface area contributed by atoms with Crippen molar-refractivity contribution in [1.82, 2.24) is 0 Å². The fraction of sp³-hybridized carbons (Fsp3) is 0.400. The molecular weight excluding hydrogens is 200 g/mol. The first-order valence-electron chi connectivity index (χ1n) is 4.46. The molecule has 0 saturated heterocycles. The third-order valence-electron chi connectivity index (χ3n) is 1.85. The van der Waals surface area contributed by atoms with Crippen molar-refractivity contribution >= 4 is 12.4 Å². The summed E-state index contributed by atoms with van der Waals surface area (Å²) in [6.45, 7) is 3.08. The fourth-order valence-electron chi connectivity index (χ4n) is 1.14. The van der Waals surface area contributed by atoms with E-state index in [1.165, 1.54) is 0 Å². The van der Waals surface area contributed by atoms with E-state index in [2.05, 4.69) is 0 Å². The largest absolute Gasteiger partial charge is 0.494 e. The maximum atomic E-state index is 5.78. The van der Waals surface area contributed by atoms with E-state index in [4.69, 9.17) is 16.2 Å². The number of ether oxygens (including phenoxy) is 1. The van der Waals surface area contributed by atoms with Crippen molar-refractivity contribution < 1.29 is 4.74 Å². The molecule has 0 heterocycles. The van der Waals surface area contributed by atoms with Gasteiger partial charge in [0.1, 0.15) is 5.75 Å². The van der Waals surface area contributed by atoms with Crippen LogP contribution in [0.15, 0.2) is 24.3 Å². The summed E-state index contributed by atoms with van der Waals surface area (Å²) >= 11 is 0. The summed E-state index contributed by atoms with van der Waals surface area (Å²) in [7, 11) is 0. The molecule has 0 saturated carbocycles. The number of hydrogen-bond acceptors (Lipinski definition) is 3. The third-order valence-corrected chi connectivity index (χ3v) is 1.85. The first-order valence-corrected chi connectivity index (χ1v) is 4.46. The van der Waals surface area contributed by atoms with Crippen LogP contribution in [0.5, 0.6) is 5.75 Å². The molecule has 0 radical (unpaired) electrons. The summed E-state index contributed by atoms with van der Waals surface area (Å²) in [5, 5.41) is 0. The van der Waals surface area contributed by atoms with Crippen molar-refractivity contribution in [2.75, 3.05) is 13.2 Å². The molecule has 14 heavy (non-hydrogen) atoms. The lowest BCUT2D eigenvalue weighted by molar-refractivity contribution is 0.339. The Labute approximate surface area is 90.8 Å². The van der Waals surface area contributed by atoms with Crippen LogP contribution in [-0.4, -0.2) is 13.2 Å². The summed E-state index contributed by atoms with van der Waals surface area (Å²) in [5.74, 6) is 0.851. The molecule has 4 heteroatoms. The van der Waals surface area contributed by atoms with Gasteiger partial charge in [0, 0.05) is 12.6 Å². The van der Waals surface area contributed by atoms with Gasteiger partial charge >= 0.3 is 0 Å². The molecule has 0 unspecified atom stereocenters. The van der Waals surface area contributed by atoms with Crippen LogP contribution in [0.4, 0.5) is 0 Å². The summed E-state index contributed by atoms with van der Waals surface area (Å²) in [6.07, 6.45) is 0. The van der Waals surface area contributed by atoms with Crippen molar-refractivity contribution in [1.29, 1.82) is 0 Å². The Morgan fingerprint density at radius 1 is 1.43 bits per heavy atom. The van der Waals surface area contributed by atoms with E-state index in [0.29, 0.717) is 13.2 Å². The lowest BCUT2D eigenvalue weighted by Crippen LogP contribution is -2.20. The predicted octanol–water partition coefficient (Wildman–Crippen LogP) is 1.47. The summed E-state index contributed by atoms with van der Waals surface area (Å²) < 4.78 is 5.34. The minimum atomic E-state index is -0.0968. The van der Waals surface area contributed by atoms with Crippen molar-refractivity contribution in [3.63, 3.8) is 0 Å². The van der Waals surface area contributed by atoms with Crippen LogP contribution >= 0.6 is 12.4 Å². The molecule has 0 aliphatic heterocycles. The number of benzene rings is 1. The zero-order valence-electron chi connectivity index (χ0n) is 8.27. The molecule has 0 aromatic heterocycles. The van der Waals surface area contributed by atoms with Crippen LogP contribution in [0.25, 0.3) is 0 Å². The van der Waals surface area contributed by atoms with Gasteiger partial charge in [0.05, 0.1) is 6.61 Å². The Kier molecular flexibility index (Phi) is 6.28. The molecule has 0 aliphatic rings. The molecule has 0 bridgehead atoms.